The van der Waals surface area contributed by atoms with Gasteiger partial charge in [-0.3, -0.25) is 19.7 Å². The second-order valence-electron chi connectivity index (χ2n) is 8.37. The number of carboxylic acid groups (broad SMARTS) is 1. The first-order valence-electron chi connectivity index (χ1n) is 11.5. The van der Waals surface area contributed by atoms with E-state index in [1.807, 2.05) is 0 Å². The number of nitrogens with zero attached hydrogens (tertiary/aromatic N) is 1. The van der Waals surface area contributed by atoms with Crippen molar-refractivity contribution in [2.75, 3.05) is 19.0 Å². The van der Waals surface area contributed by atoms with Crippen LogP contribution in [0.1, 0.15) is 59.8 Å². The van der Waals surface area contributed by atoms with E-state index in [1.165, 1.54) is 16.7 Å². The number of likely N-dealkylation sites (tertiary alicyclic amines) is 1. The minimum absolute atomic E-state index is 0.0687. The zero-order chi connectivity index (χ0) is 23.8. The lowest BCUT2D eigenvalue weighted by Gasteiger charge is -2.35. The molecule has 2 fully saturated rings. The molecule has 1 aliphatic carbocycles. The molecule has 6 atom stereocenters. The third-order valence-electron chi connectivity index (χ3n) is 6.15. The minimum atomic E-state index is -0.985. The highest BCUT2D eigenvalue weighted by Crippen LogP contribution is 2.40. The van der Waals surface area contributed by atoms with Crippen LogP contribution in [0, 0.1) is 5.92 Å². The molecule has 32 heavy (non-hydrogen) atoms. The van der Waals surface area contributed by atoms with Crippen LogP contribution in [0.5, 0.6) is 0 Å². The maximum absolute atomic E-state index is 13.3. The number of carbonyl (C=O) groups is 4. The summed E-state index contributed by atoms with van der Waals surface area (Å²) >= 11 is 1.24. The number of amides is 1. The second kappa shape index (κ2) is 12.4. The lowest BCUT2D eigenvalue weighted by Crippen LogP contribution is -2.56. The van der Waals surface area contributed by atoms with Crippen LogP contribution >= 0.6 is 11.8 Å². The van der Waals surface area contributed by atoms with E-state index in [-0.39, 0.29) is 42.8 Å². The van der Waals surface area contributed by atoms with E-state index in [0.717, 1.165) is 25.7 Å². The van der Waals surface area contributed by atoms with Crippen molar-refractivity contribution in [1.82, 2.24) is 10.2 Å². The molecule has 182 valence electrons. The molecule has 0 bridgehead atoms. The SMILES string of the molecule is CCOC(=O)C(C)SC[C@H](N[C@@H](C)C(=O)N1[C@H](C(=O)O)C[C@H]2CCCC[C@@H]21)C(=O)OCC. The van der Waals surface area contributed by atoms with E-state index in [9.17, 15) is 24.3 Å². The minimum Gasteiger partial charge on any atom is -0.480 e. The lowest BCUT2D eigenvalue weighted by atomic mass is 9.84. The number of carbonyl (C=O) groups excluding carboxylic acids is 3. The van der Waals surface area contributed by atoms with Gasteiger partial charge in [0.2, 0.25) is 5.91 Å². The Morgan fingerprint density at radius 1 is 1.06 bits per heavy atom. The fraction of sp³-hybridized carbons (Fsp3) is 0.818. The molecule has 1 amide bonds. The average Bonchev–Trinajstić information content (AvgIpc) is 3.15. The van der Waals surface area contributed by atoms with Crippen molar-refractivity contribution >= 4 is 35.6 Å². The van der Waals surface area contributed by atoms with Crippen LogP contribution in [0.15, 0.2) is 0 Å². The van der Waals surface area contributed by atoms with E-state index in [2.05, 4.69) is 5.32 Å². The summed E-state index contributed by atoms with van der Waals surface area (Å²) in [6, 6.07) is -2.49. The topological polar surface area (TPSA) is 122 Å². The Morgan fingerprint density at radius 3 is 2.31 bits per heavy atom. The Labute approximate surface area is 193 Å². The molecule has 1 heterocycles. The molecule has 2 aliphatic rings. The van der Waals surface area contributed by atoms with Crippen LogP contribution in [-0.2, 0) is 28.7 Å². The van der Waals surface area contributed by atoms with Gasteiger partial charge in [0.15, 0.2) is 0 Å². The number of rotatable bonds is 11. The molecule has 1 unspecified atom stereocenters. The summed E-state index contributed by atoms with van der Waals surface area (Å²) in [5.74, 6) is -1.75. The molecule has 2 rings (SSSR count). The Kier molecular flexibility index (Phi) is 10.3. The van der Waals surface area contributed by atoms with Crippen LogP contribution in [0.4, 0.5) is 0 Å². The molecule has 2 N–H and O–H groups in total. The molecule has 0 radical (unpaired) electrons. The maximum Gasteiger partial charge on any atom is 0.326 e. The first-order valence-corrected chi connectivity index (χ1v) is 12.5. The Morgan fingerprint density at radius 2 is 1.69 bits per heavy atom. The van der Waals surface area contributed by atoms with Crippen LogP contribution in [-0.4, -0.2) is 82.2 Å². The van der Waals surface area contributed by atoms with E-state index >= 15 is 0 Å². The third kappa shape index (κ3) is 6.60. The van der Waals surface area contributed by atoms with Gasteiger partial charge in [-0.1, -0.05) is 12.8 Å². The number of fused-ring (bicyclic) bond motifs is 1. The molecule has 1 aliphatic heterocycles. The van der Waals surface area contributed by atoms with Crippen molar-refractivity contribution in [3.8, 4) is 0 Å². The molecule has 0 aromatic heterocycles. The first kappa shape index (κ1) is 26.4. The number of esters is 2. The van der Waals surface area contributed by atoms with E-state index < -0.39 is 35.3 Å². The Balaban J connectivity index is 2.08. The van der Waals surface area contributed by atoms with Gasteiger partial charge in [0.1, 0.15) is 12.1 Å². The van der Waals surface area contributed by atoms with Gasteiger partial charge in [0, 0.05) is 11.8 Å². The van der Waals surface area contributed by atoms with Crippen LogP contribution in [0.25, 0.3) is 0 Å². The van der Waals surface area contributed by atoms with Gasteiger partial charge >= 0.3 is 17.9 Å². The Hall–Kier alpha value is -1.81. The molecule has 1 saturated carbocycles. The average molecular weight is 473 g/mol. The molecular weight excluding hydrogens is 436 g/mol. The normalized spacial score (nSPS) is 25.4. The number of aliphatic carboxylic acids is 1. The predicted molar refractivity (Wildman–Crippen MR) is 120 cm³/mol. The van der Waals surface area contributed by atoms with Crippen molar-refractivity contribution in [3.05, 3.63) is 0 Å². The largest absolute Gasteiger partial charge is 0.480 e. The number of nitrogens with one attached hydrogen (secondary N) is 1. The third-order valence-corrected chi connectivity index (χ3v) is 7.37. The highest BCUT2D eigenvalue weighted by molar-refractivity contribution is 8.00. The summed E-state index contributed by atoms with van der Waals surface area (Å²) < 4.78 is 10.1. The van der Waals surface area contributed by atoms with E-state index in [0.29, 0.717) is 6.42 Å². The fourth-order valence-electron chi connectivity index (χ4n) is 4.59. The summed E-state index contributed by atoms with van der Waals surface area (Å²) in [5.41, 5.74) is 0. The van der Waals surface area contributed by atoms with E-state index in [1.54, 1.807) is 27.7 Å². The smallest absolute Gasteiger partial charge is 0.326 e. The van der Waals surface area contributed by atoms with Gasteiger partial charge in [-0.05, 0) is 52.9 Å². The zero-order valence-corrected chi connectivity index (χ0v) is 20.2. The van der Waals surface area contributed by atoms with Crippen LogP contribution in [0.2, 0.25) is 0 Å². The second-order valence-corrected chi connectivity index (χ2v) is 9.74. The quantitative estimate of drug-likeness (QED) is 0.434. The highest BCUT2D eigenvalue weighted by atomic mass is 32.2. The van der Waals surface area contributed by atoms with Gasteiger partial charge in [0.25, 0.3) is 0 Å². The van der Waals surface area contributed by atoms with Gasteiger partial charge in [-0.2, -0.15) is 0 Å². The molecule has 1 saturated heterocycles. The van der Waals surface area contributed by atoms with Crippen molar-refractivity contribution < 1.29 is 33.8 Å². The summed E-state index contributed by atoms with van der Waals surface area (Å²) in [5, 5.41) is 12.3. The van der Waals surface area contributed by atoms with Crippen molar-refractivity contribution in [2.45, 2.75) is 89.2 Å². The van der Waals surface area contributed by atoms with E-state index in [4.69, 9.17) is 9.47 Å². The molecule has 0 aromatic rings. The monoisotopic (exact) mass is 472 g/mol. The zero-order valence-electron chi connectivity index (χ0n) is 19.4. The maximum atomic E-state index is 13.3. The van der Waals surface area contributed by atoms with Crippen molar-refractivity contribution in [1.29, 1.82) is 0 Å². The molecular formula is C22H36N2O7S. The summed E-state index contributed by atoms with van der Waals surface area (Å²) in [4.78, 5) is 51.1. The van der Waals surface area contributed by atoms with Crippen molar-refractivity contribution in [2.24, 2.45) is 5.92 Å². The molecule has 0 spiro atoms. The number of thioether (sulfide) groups is 1. The summed E-state index contributed by atoms with van der Waals surface area (Å²) in [6.07, 6.45) is 4.26. The predicted octanol–water partition coefficient (Wildman–Crippen LogP) is 1.83. The fourth-order valence-corrected chi connectivity index (χ4v) is 5.51. The number of hydrogen-bond acceptors (Lipinski definition) is 8. The van der Waals surface area contributed by atoms with Crippen molar-refractivity contribution in [3.63, 3.8) is 0 Å². The molecule has 10 heteroatoms. The number of ether oxygens (including phenoxy) is 2. The molecule has 9 nitrogen and oxygen atoms in total. The highest BCUT2D eigenvalue weighted by Gasteiger charge is 2.48. The standard InChI is InChI=1S/C22H36N2O7S/c1-5-30-21(28)14(4)32-12-16(22(29)31-6-2)23-13(3)19(25)24-17-10-8-7-9-15(17)11-18(24)20(26)27/h13-18,23H,5-12H2,1-4H3,(H,26,27)/t13-,14?,15+,16-,17-,18-/m0/s1. The van der Waals surface area contributed by atoms with Gasteiger partial charge in [-0.25, -0.2) is 4.79 Å². The summed E-state index contributed by atoms with van der Waals surface area (Å²) in [6.45, 7) is 7.23. The van der Waals surface area contributed by atoms with Gasteiger partial charge in [-0.15, -0.1) is 11.8 Å². The van der Waals surface area contributed by atoms with Crippen LogP contribution < -0.4 is 5.32 Å². The number of hydrogen-bond donors (Lipinski definition) is 2. The molecule has 0 aromatic carbocycles. The first-order chi connectivity index (χ1) is 15.2. The van der Waals surface area contributed by atoms with Gasteiger partial charge in [0.05, 0.1) is 24.5 Å². The van der Waals surface area contributed by atoms with Crippen LogP contribution in [0.3, 0.4) is 0 Å². The van der Waals surface area contributed by atoms with Gasteiger partial charge < -0.3 is 19.5 Å². The Bertz CT molecular complexity index is 689. The number of carboxylic acids is 1. The summed E-state index contributed by atoms with van der Waals surface area (Å²) in [7, 11) is 0. The lowest BCUT2D eigenvalue weighted by molar-refractivity contribution is -0.151.